The Balaban J connectivity index is 1.75. The molecule has 1 aromatic heterocycles. The zero-order valence-corrected chi connectivity index (χ0v) is 23.8. The van der Waals surface area contributed by atoms with Crippen LogP contribution in [-0.2, 0) is 20.9 Å². The van der Waals surface area contributed by atoms with Crippen LogP contribution >= 0.6 is 0 Å². The van der Waals surface area contributed by atoms with Crippen LogP contribution < -0.4 is 5.69 Å². The minimum atomic E-state index is -0.557. The van der Waals surface area contributed by atoms with E-state index in [1.807, 2.05) is 55.3 Å². The number of carbonyl (C=O) groups is 2. The van der Waals surface area contributed by atoms with Crippen molar-refractivity contribution in [2.75, 3.05) is 13.7 Å². The third-order valence-corrected chi connectivity index (χ3v) is 8.21. The highest BCUT2D eigenvalue weighted by molar-refractivity contribution is 6.04. The van der Waals surface area contributed by atoms with Gasteiger partial charge < -0.3 is 9.64 Å². The molecule has 2 aliphatic carbocycles. The second kappa shape index (κ2) is 12.1. The average Bonchev–Trinajstić information content (AvgIpc) is 3.13. The maximum Gasteiger partial charge on any atom is 0.334 e. The fraction of sp³-hybridized carbons (Fsp3) is 0.364. The first-order valence-corrected chi connectivity index (χ1v) is 14.3. The molecule has 1 atom stereocenters. The highest BCUT2D eigenvalue weighted by Gasteiger charge is 2.33. The van der Waals surface area contributed by atoms with Crippen molar-refractivity contribution in [3.63, 3.8) is 0 Å². The summed E-state index contributed by atoms with van der Waals surface area (Å²) in [6.45, 7) is 3.57. The number of likely N-dealkylation sites (N-methyl/N-ethyl adjacent to an activating group) is 1. The fourth-order valence-corrected chi connectivity index (χ4v) is 5.96. The first-order chi connectivity index (χ1) is 19.8. The second-order valence-corrected chi connectivity index (χ2v) is 10.8. The molecule has 5 rings (SSSR count). The lowest BCUT2D eigenvalue weighted by Gasteiger charge is -2.33. The van der Waals surface area contributed by atoms with Crippen LogP contribution in [0.15, 0.2) is 65.0 Å². The summed E-state index contributed by atoms with van der Waals surface area (Å²) in [5, 5.41) is 0. The maximum atomic E-state index is 14.2. The van der Waals surface area contributed by atoms with E-state index < -0.39 is 17.5 Å². The summed E-state index contributed by atoms with van der Waals surface area (Å²) in [5.74, 6) is -1.38. The van der Waals surface area contributed by atoms with Crippen LogP contribution in [0.1, 0.15) is 62.9 Å². The highest BCUT2D eigenvalue weighted by atomic mass is 19.1. The smallest absolute Gasteiger partial charge is 0.334 e. The van der Waals surface area contributed by atoms with Crippen LogP contribution in [0.4, 0.5) is 4.39 Å². The van der Waals surface area contributed by atoms with Gasteiger partial charge in [0.1, 0.15) is 12.4 Å². The van der Waals surface area contributed by atoms with E-state index in [0.717, 1.165) is 36.8 Å². The van der Waals surface area contributed by atoms with E-state index in [-0.39, 0.29) is 31.0 Å². The number of nitrogens with zero attached hydrogens (tertiary/aromatic N) is 3. The molecule has 0 unspecified atom stereocenters. The molecule has 0 radical (unpaired) electrons. The van der Waals surface area contributed by atoms with Crippen LogP contribution in [0.25, 0.3) is 23.4 Å². The molecule has 0 N–H and O–H groups in total. The van der Waals surface area contributed by atoms with E-state index in [9.17, 15) is 18.8 Å². The lowest BCUT2D eigenvalue weighted by molar-refractivity contribution is -0.143. The topological polar surface area (TPSA) is 73.5 Å². The number of allylic oxidation sites excluding steroid dienone is 1. The molecule has 2 aliphatic rings. The Labute approximate surface area is 239 Å². The number of benzene rings is 2. The van der Waals surface area contributed by atoms with Crippen molar-refractivity contribution >= 4 is 29.6 Å². The van der Waals surface area contributed by atoms with Gasteiger partial charge in [0.05, 0.1) is 23.7 Å². The fourth-order valence-electron chi connectivity index (χ4n) is 5.96. The van der Waals surface area contributed by atoms with Gasteiger partial charge in [-0.2, -0.15) is 0 Å². The Morgan fingerprint density at radius 3 is 2.32 bits per heavy atom. The average molecular weight is 558 g/mol. The Hall–Kier alpha value is -4.20. The number of rotatable bonds is 7. The summed E-state index contributed by atoms with van der Waals surface area (Å²) in [6, 6.07) is 15.6. The number of esters is 1. The number of ether oxygens (including phenoxy) is 1. The zero-order chi connectivity index (χ0) is 29.1. The monoisotopic (exact) mass is 557 g/mol. The minimum Gasteiger partial charge on any atom is -0.465 e. The summed E-state index contributed by atoms with van der Waals surface area (Å²) in [4.78, 5) is 42.6. The van der Waals surface area contributed by atoms with Crippen LogP contribution in [0, 0.1) is 11.7 Å². The predicted octanol–water partition coefficient (Wildman–Crippen LogP) is 5.71. The van der Waals surface area contributed by atoms with Crippen molar-refractivity contribution in [1.82, 2.24) is 14.0 Å². The molecule has 1 heterocycles. The first kappa shape index (κ1) is 28.3. The molecule has 0 saturated heterocycles. The number of aromatic nitrogens is 2. The molecule has 2 aromatic carbocycles. The van der Waals surface area contributed by atoms with Gasteiger partial charge >= 0.3 is 11.7 Å². The summed E-state index contributed by atoms with van der Waals surface area (Å²) in [6.07, 6.45) is 8.97. The number of hydrogen-bond acceptors (Lipinski definition) is 4. The number of halogens is 1. The molecular formula is C33H36FN3O4. The largest absolute Gasteiger partial charge is 0.465 e. The van der Waals surface area contributed by atoms with Gasteiger partial charge in [-0.3, -0.25) is 18.7 Å². The van der Waals surface area contributed by atoms with Crippen molar-refractivity contribution in [2.24, 2.45) is 5.92 Å². The van der Waals surface area contributed by atoms with E-state index in [2.05, 4.69) is 0 Å². The molecule has 214 valence electrons. The quantitative estimate of drug-likeness (QED) is 0.349. The minimum absolute atomic E-state index is 0.0938. The molecule has 7 nitrogen and oxygen atoms in total. The van der Waals surface area contributed by atoms with Crippen molar-refractivity contribution in [1.29, 1.82) is 0 Å². The van der Waals surface area contributed by atoms with E-state index >= 15 is 0 Å². The molecule has 8 heteroatoms. The number of amides is 1. The SMILES string of the molecule is CCOC(=O)Cn1c2c(n(-c3ccc(F)cc3)c1=O)C=C(c1ccccc1)[C@@H](C)C(C(=O)N(C)C1CCCCC1)=C2. The predicted molar refractivity (Wildman–Crippen MR) is 158 cm³/mol. The zero-order valence-electron chi connectivity index (χ0n) is 23.8. The number of fused-ring (bicyclic) bond motifs is 1. The number of carbonyl (C=O) groups excluding carboxylic acids is 2. The van der Waals surface area contributed by atoms with Gasteiger partial charge in [-0.1, -0.05) is 56.5 Å². The summed E-state index contributed by atoms with van der Waals surface area (Å²) < 4.78 is 21.9. The molecule has 1 amide bonds. The molecule has 41 heavy (non-hydrogen) atoms. The molecule has 0 aliphatic heterocycles. The maximum absolute atomic E-state index is 14.2. The van der Waals surface area contributed by atoms with Gasteiger partial charge in [0, 0.05) is 24.6 Å². The lowest BCUT2D eigenvalue weighted by atomic mass is 9.86. The third-order valence-electron chi connectivity index (χ3n) is 8.21. The second-order valence-electron chi connectivity index (χ2n) is 10.8. The Kier molecular flexibility index (Phi) is 8.38. The normalized spacial score (nSPS) is 17.2. The standard InChI is InChI=1S/C33H36FN3O4/c1-4-41-31(38)21-36-29-20-28(32(39)35(3)25-13-9-6-10-14-25)22(2)27(23-11-7-5-8-12-23)19-30(29)37(33(36)40)26-17-15-24(34)16-18-26/h5,7-8,11-12,15-20,22,25H,4,6,9-10,13-14,21H2,1-3H3/t22-/m1/s1. The van der Waals surface area contributed by atoms with Crippen LogP contribution in [0.3, 0.4) is 0 Å². The van der Waals surface area contributed by atoms with E-state index in [1.54, 1.807) is 13.0 Å². The molecule has 1 saturated carbocycles. The number of imidazole rings is 1. The van der Waals surface area contributed by atoms with Gasteiger partial charge in [0.2, 0.25) is 5.91 Å². The summed E-state index contributed by atoms with van der Waals surface area (Å²) >= 11 is 0. The number of hydrogen-bond donors (Lipinski definition) is 0. The van der Waals surface area contributed by atoms with Gasteiger partial charge in [-0.25, -0.2) is 9.18 Å². The Bertz CT molecular complexity index is 1540. The Morgan fingerprint density at radius 1 is 0.976 bits per heavy atom. The molecule has 0 bridgehead atoms. The van der Waals surface area contributed by atoms with Crippen molar-refractivity contribution in [2.45, 2.75) is 58.5 Å². The van der Waals surface area contributed by atoms with Crippen molar-refractivity contribution < 1.29 is 18.7 Å². The molecule has 3 aromatic rings. The van der Waals surface area contributed by atoms with Gasteiger partial charge in [-0.15, -0.1) is 0 Å². The molecular weight excluding hydrogens is 521 g/mol. The van der Waals surface area contributed by atoms with Gasteiger partial charge in [0.15, 0.2) is 0 Å². The highest BCUT2D eigenvalue weighted by Crippen LogP contribution is 2.38. The summed E-state index contributed by atoms with van der Waals surface area (Å²) in [5.41, 5.74) is 3.25. The van der Waals surface area contributed by atoms with Gasteiger partial charge in [0.25, 0.3) is 0 Å². The van der Waals surface area contributed by atoms with Crippen LogP contribution in [0.2, 0.25) is 0 Å². The van der Waals surface area contributed by atoms with E-state index in [1.165, 1.54) is 39.8 Å². The Morgan fingerprint density at radius 2 is 1.66 bits per heavy atom. The summed E-state index contributed by atoms with van der Waals surface area (Å²) in [7, 11) is 1.86. The molecule has 0 spiro atoms. The van der Waals surface area contributed by atoms with Crippen molar-refractivity contribution in [3.8, 4) is 5.69 Å². The molecule has 1 fully saturated rings. The van der Waals surface area contributed by atoms with Gasteiger partial charge in [-0.05, 0) is 67.3 Å². The third kappa shape index (κ3) is 5.69. The van der Waals surface area contributed by atoms with E-state index in [4.69, 9.17) is 4.74 Å². The lowest BCUT2D eigenvalue weighted by Crippen LogP contribution is -2.40. The van der Waals surface area contributed by atoms with Crippen molar-refractivity contribution in [3.05, 3.63) is 93.4 Å². The van der Waals surface area contributed by atoms with E-state index in [0.29, 0.717) is 22.6 Å². The van der Waals surface area contributed by atoms with Crippen LogP contribution in [0.5, 0.6) is 0 Å². The first-order valence-electron chi connectivity index (χ1n) is 14.3. The van der Waals surface area contributed by atoms with Crippen LogP contribution in [-0.4, -0.2) is 45.6 Å².